The average Bonchev–Trinajstić information content (AvgIpc) is 2.77. The third-order valence-electron chi connectivity index (χ3n) is 6.31. The fourth-order valence-corrected chi connectivity index (χ4v) is 4.51. The van der Waals surface area contributed by atoms with Crippen molar-refractivity contribution in [1.29, 1.82) is 0 Å². The average molecular weight is 402 g/mol. The molecular formula is C23H39N5O. The summed E-state index contributed by atoms with van der Waals surface area (Å²) in [5.41, 5.74) is 1.18. The molecule has 0 bridgehead atoms. The van der Waals surface area contributed by atoms with Gasteiger partial charge in [-0.25, -0.2) is 0 Å². The van der Waals surface area contributed by atoms with Gasteiger partial charge in [-0.3, -0.25) is 4.99 Å². The highest BCUT2D eigenvalue weighted by molar-refractivity contribution is 5.80. The summed E-state index contributed by atoms with van der Waals surface area (Å²) in [6, 6.07) is 9.05. The van der Waals surface area contributed by atoms with Gasteiger partial charge >= 0.3 is 0 Å². The van der Waals surface area contributed by atoms with Gasteiger partial charge in [0.05, 0.1) is 12.8 Å². The van der Waals surface area contributed by atoms with Crippen LogP contribution in [0.2, 0.25) is 0 Å². The van der Waals surface area contributed by atoms with Crippen LogP contribution in [0, 0.1) is 0 Å². The monoisotopic (exact) mass is 401 g/mol. The number of ether oxygens (including phenoxy) is 1. The number of anilines is 1. The lowest BCUT2D eigenvalue weighted by molar-refractivity contribution is 0.158. The van der Waals surface area contributed by atoms with Crippen LogP contribution in [-0.4, -0.2) is 81.8 Å². The van der Waals surface area contributed by atoms with Gasteiger partial charge in [-0.15, -0.1) is 0 Å². The number of hydrogen-bond acceptors (Lipinski definition) is 4. The second-order valence-electron chi connectivity index (χ2n) is 8.21. The Labute approximate surface area is 176 Å². The Bertz CT molecular complexity index is 642. The summed E-state index contributed by atoms with van der Waals surface area (Å²) < 4.78 is 5.53. The van der Waals surface area contributed by atoms with E-state index >= 15 is 0 Å². The van der Waals surface area contributed by atoms with E-state index < -0.39 is 0 Å². The Kier molecular flexibility index (Phi) is 8.47. The number of benzene rings is 1. The van der Waals surface area contributed by atoms with Crippen molar-refractivity contribution in [2.24, 2.45) is 4.99 Å². The zero-order valence-electron chi connectivity index (χ0n) is 18.6. The van der Waals surface area contributed by atoms with Crippen LogP contribution in [0.1, 0.15) is 39.0 Å². The Morgan fingerprint density at radius 3 is 2.62 bits per heavy atom. The molecule has 6 heteroatoms. The van der Waals surface area contributed by atoms with Crippen molar-refractivity contribution in [1.82, 2.24) is 15.1 Å². The number of piperazine rings is 1. The highest BCUT2D eigenvalue weighted by Gasteiger charge is 2.21. The molecule has 1 aromatic rings. The number of para-hydroxylation sites is 2. The minimum absolute atomic E-state index is 0.768. The molecule has 6 nitrogen and oxygen atoms in total. The number of methoxy groups -OCH3 is 1. The number of guanidine groups is 1. The number of unbranched alkanes of at least 4 members (excludes halogenated alkanes) is 1. The molecule has 0 saturated carbocycles. The molecule has 1 N–H and O–H groups in total. The summed E-state index contributed by atoms with van der Waals surface area (Å²) in [4.78, 5) is 12.0. The first-order valence-corrected chi connectivity index (χ1v) is 11.3. The van der Waals surface area contributed by atoms with E-state index in [9.17, 15) is 0 Å². The number of nitrogens with zero attached hydrogens (tertiary/aromatic N) is 4. The molecule has 0 aromatic heterocycles. The van der Waals surface area contributed by atoms with Crippen molar-refractivity contribution < 1.29 is 4.74 Å². The molecule has 0 amide bonds. The predicted octanol–water partition coefficient (Wildman–Crippen LogP) is 3.05. The van der Waals surface area contributed by atoms with Crippen molar-refractivity contribution in [3.8, 4) is 5.75 Å². The van der Waals surface area contributed by atoms with E-state index in [1.165, 1.54) is 50.9 Å². The summed E-state index contributed by atoms with van der Waals surface area (Å²) in [6.07, 6.45) is 6.60. The molecule has 0 spiro atoms. The summed E-state index contributed by atoms with van der Waals surface area (Å²) >= 11 is 0. The maximum atomic E-state index is 5.53. The number of aliphatic imine (C=N–C) groups is 1. The number of likely N-dealkylation sites (tertiary alicyclic amines) is 1. The van der Waals surface area contributed by atoms with Crippen LogP contribution in [0.5, 0.6) is 5.75 Å². The van der Waals surface area contributed by atoms with Crippen LogP contribution in [0.25, 0.3) is 0 Å². The quantitative estimate of drug-likeness (QED) is 0.432. The first kappa shape index (κ1) is 21.8. The summed E-state index contributed by atoms with van der Waals surface area (Å²) in [5, 5.41) is 3.58. The molecule has 0 aliphatic carbocycles. The molecule has 3 rings (SSSR count). The Morgan fingerprint density at radius 2 is 1.90 bits per heavy atom. The van der Waals surface area contributed by atoms with Gasteiger partial charge in [-0.2, -0.15) is 0 Å². The van der Waals surface area contributed by atoms with Gasteiger partial charge in [0.25, 0.3) is 0 Å². The van der Waals surface area contributed by atoms with Crippen molar-refractivity contribution in [2.45, 2.75) is 45.1 Å². The maximum absolute atomic E-state index is 5.53. The molecule has 29 heavy (non-hydrogen) atoms. The van der Waals surface area contributed by atoms with E-state index in [0.717, 1.165) is 50.5 Å². The fraction of sp³-hybridized carbons (Fsp3) is 0.696. The van der Waals surface area contributed by atoms with Gasteiger partial charge in [-0.05, 0) is 57.8 Å². The largest absolute Gasteiger partial charge is 0.495 e. The molecule has 162 valence electrons. The number of hydrogen-bond donors (Lipinski definition) is 1. The van der Waals surface area contributed by atoms with E-state index in [0.29, 0.717) is 0 Å². The van der Waals surface area contributed by atoms with Gasteiger partial charge in [0.15, 0.2) is 5.96 Å². The SMILES string of the molecule is CN=C(NCCCCN1CCCCC1C)N1CCN(c2ccccc2OC)CC1. The molecular weight excluding hydrogens is 362 g/mol. The molecule has 2 saturated heterocycles. The smallest absolute Gasteiger partial charge is 0.193 e. The summed E-state index contributed by atoms with van der Waals surface area (Å²) in [6.45, 7) is 9.81. The minimum atomic E-state index is 0.768. The molecule has 2 fully saturated rings. The molecule has 0 radical (unpaired) electrons. The molecule has 1 unspecified atom stereocenters. The normalized spacial score (nSPS) is 21.3. The van der Waals surface area contributed by atoms with Crippen LogP contribution in [0.3, 0.4) is 0 Å². The van der Waals surface area contributed by atoms with Gasteiger partial charge in [-0.1, -0.05) is 18.6 Å². The molecule has 2 aliphatic heterocycles. The molecule has 1 aromatic carbocycles. The van der Waals surface area contributed by atoms with Crippen molar-refractivity contribution in [3.05, 3.63) is 24.3 Å². The van der Waals surface area contributed by atoms with Crippen molar-refractivity contribution >= 4 is 11.6 Å². The van der Waals surface area contributed by atoms with E-state index in [-0.39, 0.29) is 0 Å². The standard InChI is InChI=1S/C23H39N5O/c1-20-10-6-8-14-26(20)15-9-7-13-25-23(24-2)28-18-16-27(17-19-28)21-11-4-5-12-22(21)29-3/h4-5,11-12,20H,6-10,13-19H2,1-3H3,(H,24,25). The lowest BCUT2D eigenvalue weighted by Crippen LogP contribution is -2.52. The highest BCUT2D eigenvalue weighted by atomic mass is 16.5. The Morgan fingerprint density at radius 1 is 1.10 bits per heavy atom. The van der Waals surface area contributed by atoms with Crippen LogP contribution in [0.4, 0.5) is 5.69 Å². The zero-order valence-corrected chi connectivity index (χ0v) is 18.6. The van der Waals surface area contributed by atoms with Gasteiger partial charge in [0, 0.05) is 45.8 Å². The molecule has 1 atom stereocenters. The van der Waals surface area contributed by atoms with E-state index in [4.69, 9.17) is 4.74 Å². The second kappa shape index (κ2) is 11.3. The molecule has 2 aliphatic rings. The Balaban J connectivity index is 1.38. The van der Waals surface area contributed by atoms with E-state index in [1.807, 2.05) is 19.2 Å². The molecule has 2 heterocycles. The summed E-state index contributed by atoms with van der Waals surface area (Å²) in [7, 11) is 3.64. The van der Waals surface area contributed by atoms with Gasteiger partial charge < -0.3 is 24.8 Å². The van der Waals surface area contributed by atoms with Crippen LogP contribution in [0.15, 0.2) is 29.3 Å². The summed E-state index contributed by atoms with van der Waals surface area (Å²) in [5.74, 6) is 1.99. The highest BCUT2D eigenvalue weighted by Crippen LogP contribution is 2.28. The van der Waals surface area contributed by atoms with Crippen LogP contribution >= 0.6 is 0 Å². The lowest BCUT2D eigenvalue weighted by atomic mass is 10.0. The fourth-order valence-electron chi connectivity index (χ4n) is 4.51. The van der Waals surface area contributed by atoms with E-state index in [2.05, 4.69) is 44.1 Å². The zero-order chi connectivity index (χ0) is 20.5. The maximum Gasteiger partial charge on any atom is 0.193 e. The number of piperidine rings is 1. The first-order valence-electron chi connectivity index (χ1n) is 11.3. The minimum Gasteiger partial charge on any atom is -0.495 e. The predicted molar refractivity (Wildman–Crippen MR) is 122 cm³/mol. The van der Waals surface area contributed by atoms with Gasteiger partial charge in [0.2, 0.25) is 0 Å². The first-order chi connectivity index (χ1) is 14.2. The topological polar surface area (TPSA) is 43.3 Å². The number of nitrogens with one attached hydrogen (secondary N) is 1. The second-order valence-corrected chi connectivity index (χ2v) is 8.21. The van der Waals surface area contributed by atoms with Crippen molar-refractivity contribution in [3.63, 3.8) is 0 Å². The van der Waals surface area contributed by atoms with E-state index in [1.54, 1.807) is 7.11 Å². The van der Waals surface area contributed by atoms with Crippen molar-refractivity contribution in [2.75, 3.05) is 64.9 Å². The van der Waals surface area contributed by atoms with Crippen LogP contribution in [-0.2, 0) is 0 Å². The Hall–Kier alpha value is -1.95. The lowest BCUT2D eigenvalue weighted by Gasteiger charge is -2.38. The van der Waals surface area contributed by atoms with Gasteiger partial charge in [0.1, 0.15) is 5.75 Å². The number of rotatable bonds is 7. The third-order valence-corrected chi connectivity index (χ3v) is 6.31. The van der Waals surface area contributed by atoms with Crippen LogP contribution < -0.4 is 15.0 Å². The third kappa shape index (κ3) is 6.01.